The first-order valence-electron chi connectivity index (χ1n) is 16.6. The van der Waals surface area contributed by atoms with Crippen molar-refractivity contribution in [3.63, 3.8) is 0 Å². The van der Waals surface area contributed by atoms with Crippen molar-refractivity contribution in [2.45, 2.75) is 57.7 Å². The van der Waals surface area contributed by atoms with E-state index in [0.717, 1.165) is 64.9 Å². The van der Waals surface area contributed by atoms with Gasteiger partial charge >= 0.3 is 12.2 Å². The fraction of sp³-hybridized carbons (Fsp3) is 0.429. The van der Waals surface area contributed by atoms with Crippen LogP contribution in [0.1, 0.15) is 63.3 Å². The number of amides is 4. The predicted molar refractivity (Wildman–Crippen MR) is 181 cm³/mol. The second-order valence-corrected chi connectivity index (χ2v) is 12.8. The highest BCUT2D eigenvalue weighted by atomic mass is 16.5. The molecule has 0 radical (unpaired) electrons. The van der Waals surface area contributed by atoms with Gasteiger partial charge in [0.05, 0.1) is 49.2 Å². The van der Waals surface area contributed by atoms with E-state index in [1.54, 1.807) is 11.1 Å². The highest BCUT2D eigenvalue weighted by molar-refractivity contribution is 5.87. The molecule has 2 aliphatic rings. The van der Waals surface area contributed by atoms with Crippen LogP contribution in [-0.2, 0) is 19.1 Å². The number of methoxy groups -OCH3 is 2. The Morgan fingerprint density at radius 1 is 0.857 bits per heavy atom. The Balaban J connectivity index is 1.15. The third kappa shape index (κ3) is 7.08. The summed E-state index contributed by atoms with van der Waals surface area (Å²) in [6.45, 7) is 4.86. The highest BCUT2D eigenvalue weighted by Crippen LogP contribution is 2.35. The van der Waals surface area contributed by atoms with Crippen LogP contribution in [0.2, 0.25) is 0 Å². The molecule has 258 valence electrons. The zero-order chi connectivity index (χ0) is 34.7. The number of benzene rings is 2. The molecule has 6 rings (SSSR count). The number of aromatic amines is 2. The van der Waals surface area contributed by atoms with E-state index in [1.807, 2.05) is 43.0 Å². The molecule has 4 N–H and O–H groups in total. The van der Waals surface area contributed by atoms with Crippen LogP contribution in [0.5, 0.6) is 0 Å². The lowest BCUT2D eigenvalue weighted by Gasteiger charge is -2.29. The van der Waals surface area contributed by atoms with Crippen LogP contribution in [0.15, 0.2) is 48.7 Å². The number of nitrogens with one attached hydrogen (secondary N) is 4. The highest BCUT2D eigenvalue weighted by Gasteiger charge is 2.37. The summed E-state index contributed by atoms with van der Waals surface area (Å²) in [5.41, 5.74) is 5.54. The summed E-state index contributed by atoms with van der Waals surface area (Å²) in [7, 11) is 2.55. The van der Waals surface area contributed by atoms with Crippen LogP contribution in [0.3, 0.4) is 0 Å². The van der Waals surface area contributed by atoms with Gasteiger partial charge in [-0.3, -0.25) is 9.59 Å². The number of rotatable bonds is 9. The number of carbonyl (C=O) groups is 4. The number of alkyl carbamates (subject to hydrolysis) is 2. The van der Waals surface area contributed by atoms with Gasteiger partial charge in [-0.2, -0.15) is 0 Å². The Kier molecular flexibility index (Phi) is 9.83. The minimum Gasteiger partial charge on any atom is -0.453 e. The molecule has 0 bridgehead atoms. The molecule has 2 aromatic heterocycles. The van der Waals surface area contributed by atoms with Crippen LogP contribution < -0.4 is 10.6 Å². The predicted octanol–water partition coefficient (Wildman–Crippen LogP) is 4.68. The van der Waals surface area contributed by atoms with Gasteiger partial charge in [0, 0.05) is 13.1 Å². The second kappa shape index (κ2) is 14.4. The lowest BCUT2D eigenvalue weighted by Crippen LogP contribution is -2.51. The van der Waals surface area contributed by atoms with Gasteiger partial charge in [0.1, 0.15) is 24.2 Å². The van der Waals surface area contributed by atoms with Gasteiger partial charge in [0.25, 0.3) is 0 Å². The molecule has 4 amide bonds. The summed E-state index contributed by atoms with van der Waals surface area (Å²) in [4.78, 5) is 69.5. The first-order chi connectivity index (χ1) is 23.7. The van der Waals surface area contributed by atoms with E-state index in [2.05, 4.69) is 48.5 Å². The number of likely N-dealkylation sites (tertiary alicyclic amines) is 2. The molecule has 2 aliphatic heterocycles. The van der Waals surface area contributed by atoms with Gasteiger partial charge in [-0.15, -0.1) is 0 Å². The summed E-state index contributed by atoms with van der Waals surface area (Å²) < 4.78 is 9.32. The largest absolute Gasteiger partial charge is 0.453 e. The Hall–Kier alpha value is -5.40. The number of hydrogen-bond acceptors (Lipinski definition) is 8. The lowest BCUT2D eigenvalue weighted by molar-refractivity contribution is -0.135. The van der Waals surface area contributed by atoms with Crippen molar-refractivity contribution < 1.29 is 28.7 Å². The molecule has 4 aromatic rings. The molecule has 0 unspecified atom stereocenters. The normalized spacial score (nSPS) is 18.1. The molecular weight excluding hydrogens is 628 g/mol. The number of H-pyrrole nitrogens is 2. The van der Waals surface area contributed by atoms with Crippen molar-refractivity contribution in [1.82, 2.24) is 40.4 Å². The van der Waals surface area contributed by atoms with Crippen molar-refractivity contribution in [3.05, 3.63) is 60.3 Å². The number of aromatic nitrogens is 4. The van der Waals surface area contributed by atoms with E-state index >= 15 is 0 Å². The third-order valence-corrected chi connectivity index (χ3v) is 9.33. The lowest BCUT2D eigenvalue weighted by atomic mass is 10.0. The summed E-state index contributed by atoms with van der Waals surface area (Å²) in [5, 5.41) is 5.15. The van der Waals surface area contributed by atoms with E-state index in [0.29, 0.717) is 18.9 Å². The Morgan fingerprint density at radius 3 is 2.20 bits per heavy atom. The van der Waals surface area contributed by atoms with Gasteiger partial charge in [0.2, 0.25) is 11.8 Å². The number of hydrogen-bond donors (Lipinski definition) is 4. The topological polar surface area (TPSA) is 175 Å². The monoisotopic (exact) mass is 670 g/mol. The van der Waals surface area contributed by atoms with E-state index in [9.17, 15) is 19.2 Å². The smallest absolute Gasteiger partial charge is 0.407 e. The fourth-order valence-electron chi connectivity index (χ4n) is 6.73. The Labute approximate surface area is 283 Å². The number of ether oxygens (including phenoxy) is 2. The third-order valence-electron chi connectivity index (χ3n) is 9.33. The van der Waals surface area contributed by atoms with Crippen molar-refractivity contribution in [2.24, 2.45) is 5.92 Å². The average molecular weight is 671 g/mol. The zero-order valence-corrected chi connectivity index (χ0v) is 28.1. The van der Waals surface area contributed by atoms with Crippen LogP contribution in [0, 0.1) is 5.92 Å². The fourth-order valence-corrected chi connectivity index (χ4v) is 6.73. The van der Waals surface area contributed by atoms with Crippen LogP contribution in [0.4, 0.5) is 9.59 Å². The van der Waals surface area contributed by atoms with Crippen LogP contribution >= 0.6 is 0 Å². The van der Waals surface area contributed by atoms with Crippen molar-refractivity contribution in [3.8, 4) is 22.4 Å². The maximum atomic E-state index is 13.5. The molecule has 0 spiro atoms. The molecule has 0 saturated carbocycles. The summed E-state index contributed by atoms with van der Waals surface area (Å²) in [6.07, 6.45) is 3.77. The SMILES string of the molecule is COC(=O)NCC(=O)N1CCC[C@H]1c1ncc(-c2ccc(-c3ccc4nc([C@@H]5CCCN5C(=O)[C@H](NC(=O)OC)C(C)C)[nH]c4c3)cc2)[nH]1. The van der Waals surface area contributed by atoms with Gasteiger partial charge < -0.3 is 39.9 Å². The molecule has 0 aliphatic carbocycles. The number of carbonyl (C=O) groups excluding carboxylic acids is 4. The summed E-state index contributed by atoms with van der Waals surface area (Å²) in [6, 6.07) is 13.1. The minimum absolute atomic E-state index is 0.107. The molecule has 4 heterocycles. The van der Waals surface area contributed by atoms with Gasteiger partial charge in [-0.1, -0.05) is 44.2 Å². The Morgan fingerprint density at radius 2 is 1.51 bits per heavy atom. The van der Waals surface area contributed by atoms with E-state index in [4.69, 9.17) is 9.72 Å². The maximum absolute atomic E-state index is 13.5. The molecule has 2 saturated heterocycles. The molecule has 14 nitrogen and oxygen atoms in total. The molecular formula is C35H42N8O6. The van der Waals surface area contributed by atoms with Crippen LogP contribution in [0.25, 0.3) is 33.4 Å². The zero-order valence-electron chi connectivity index (χ0n) is 28.1. The van der Waals surface area contributed by atoms with E-state index in [1.165, 1.54) is 14.2 Å². The number of imidazole rings is 2. The molecule has 3 atom stereocenters. The second-order valence-electron chi connectivity index (χ2n) is 12.8. The van der Waals surface area contributed by atoms with Crippen molar-refractivity contribution in [1.29, 1.82) is 0 Å². The number of fused-ring (bicyclic) bond motifs is 1. The number of nitrogens with zero attached hydrogens (tertiary/aromatic N) is 4. The van der Waals surface area contributed by atoms with E-state index in [-0.39, 0.29) is 36.4 Å². The van der Waals surface area contributed by atoms with Crippen molar-refractivity contribution >= 4 is 35.0 Å². The van der Waals surface area contributed by atoms with Gasteiger partial charge in [0.15, 0.2) is 0 Å². The average Bonchev–Trinajstić information content (AvgIpc) is 3.94. The Bertz CT molecular complexity index is 1830. The summed E-state index contributed by atoms with van der Waals surface area (Å²) >= 11 is 0. The molecule has 2 aromatic carbocycles. The molecule has 49 heavy (non-hydrogen) atoms. The first-order valence-corrected chi connectivity index (χ1v) is 16.6. The molecule has 14 heteroatoms. The van der Waals surface area contributed by atoms with Gasteiger partial charge in [-0.25, -0.2) is 19.6 Å². The standard InChI is InChI=1S/C35H42N8O6/c1-20(2)30(41-35(47)49-4)33(45)43-16-6-8-28(43)32-38-24-14-13-23(17-25(24)39-32)21-9-11-22(12-10-21)26-18-36-31(40-26)27-7-5-15-42(27)29(44)19-37-34(46)48-3/h9-14,17-18,20,27-28,30H,5-8,15-16,19H2,1-4H3,(H,36,40)(H,37,46)(H,38,39)(H,41,47)/t27-,28-,30+/m0/s1. The van der Waals surface area contributed by atoms with Gasteiger partial charge in [-0.05, 0) is 60.4 Å². The quantitative estimate of drug-likeness (QED) is 0.199. The minimum atomic E-state index is -0.691. The van der Waals surface area contributed by atoms with Crippen molar-refractivity contribution in [2.75, 3.05) is 33.9 Å². The van der Waals surface area contributed by atoms with Crippen LogP contribution in [-0.4, -0.2) is 93.6 Å². The summed E-state index contributed by atoms with van der Waals surface area (Å²) in [5.74, 6) is 1.01. The molecule has 2 fully saturated rings. The van der Waals surface area contributed by atoms with E-state index < -0.39 is 18.2 Å². The first kappa shape index (κ1) is 33.5. The maximum Gasteiger partial charge on any atom is 0.407 e.